The largest absolute Gasteiger partial charge is 0.466 e. The molecule has 0 saturated carbocycles. The van der Waals surface area contributed by atoms with Crippen molar-refractivity contribution in [3.63, 3.8) is 0 Å². The fourth-order valence-electron chi connectivity index (χ4n) is 0.856. The van der Waals surface area contributed by atoms with Crippen molar-refractivity contribution < 1.29 is 9.53 Å². The van der Waals surface area contributed by atoms with E-state index in [1.807, 2.05) is 0 Å². The smallest absolute Gasteiger partial charge is 0.307 e. The molecule has 0 aliphatic rings. The Hall–Kier alpha value is -1.59. The van der Waals surface area contributed by atoms with E-state index in [9.17, 15) is 4.79 Å². The molecule has 0 bridgehead atoms. The third-order valence-electron chi connectivity index (χ3n) is 1.40. The summed E-state index contributed by atoms with van der Waals surface area (Å²) in [5.41, 5.74) is 5.28. The number of nitrogens with zero attached hydrogens (tertiary/aromatic N) is 3. The molecule has 0 amide bonds. The quantitative estimate of drug-likeness (QED) is 0.656. The van der Waals surface area contributed by atoms with Crippen LogP contribution < -0.4 is 5.73 Å². The summed E-state index contributed by atoms with van der Waals surface area (Å²) in [6.07, 6.45) is 1.77. The molecule has 0 aliphatic heterocycles. The first-order valence-electron chi connectivity index (χ1n) is 4.03. The van der Waals surface area contributed by atoms with Gasteiger partial charge >= 0.3 is 5.97 Å². The Morgan fingerprint density at radius 2 is 2.54 bits per heavy atom. The average molecular weight is 184 g/mol. The van der Waals surface area contributed by atoms with Crippen molar-refractivity contribution in [1.82, 2.24) is 14.8 Å². The molecule has 0 unspecified atom stereocenters. The predicted octanol–water partition coefficient (Wildman–Crippen LogP) is -0.186. The summed E-state index contributed by atoms with van der Waals surface area (Å²) in [4.78, 5) is 14.6. The summed E-state index contributed by atoms with van der Waals surface area (Å²) < 4.78 is 6.24. The molecule has 0 atom stereocenters. The number of nitrogen functional groups attached to an aromatic ring is 1. The number of carbonyl (C=O) groups excluding carboxylic acids is 1. The molecule has 2 N–H and O–H groups in total. The van der Waals surface area contributed by atoms with Gasteiger partial charge in [-0.1, -0.05) is 0 Å². The number of aryl methyl sites for hydroxylation is 1. The molecule has 1 heterocycles. The minimum Gasteiger partial charge on any atom is -0.466 e. The van der Waals surface area contributed by atoms with Crippen molar-refractivity contribution in [2.75, 3.05) is 12.3 Å². The van der Waals surface area contributed by atoms with Crippen LogP contribution in [0.4, 0.5) is 5.95 Å². The van der Waals surface area contributed by atoms with E-state index in [1.165, 1.54) is 11.0 Å². The summed E-state index contributed by atoms with van der Waals surface area (Å²) in [5, 5.41) is 3.82. The molecule has 0 fully saturated rings. The summed E-state index contributed by atoms with van der Waals surface area (Å²) in [6.45, 7) is 2.62. The summed E-state index contributed by atoms with van der Waals surface area (Å²) in [5.74, 6) is -0.0274. The number of nitrogens with two attached hydrogens (primary N) is 1. The third kappa shape index (κ3) is 3.10. The molecule has 72 valence electrons. The molecule has 0 spiro atoms. The van der Waals surface area contributed by atoms with Crippen LogP contribution in [0.15, 0.2) is 6.33 Å². The molecule has 13 heavy (non-hydrogen) atoms. The van der Waals surface area contributed by atoms with E-state index in [0.29, 0.717) is 13.2 Å². The minimum atomic E-state index is -0.239. The monoisotopic (exact) mass is 184 g/mol. The number of aromatic nitrogens is 3. The first kappa shape index (κ1) is 9.50. The van der Waals surface area contributed by atoms with Gasteiger partial charge in [-0.15, -0.1) is 5.10 Å². The van der Waals surface area contributed by atoms with Crippen molar-refractivity contribution in [1.29, 1.82) is 0 Å². The third-order valence-corrected chi connectivity index (χ3v) is 1.40. The number of anilines is 1. The van der Waals surface area contributed by atoms with Gasteiger partial charge in [-0.05, 0) is 6.92 Å². The van der Waals surface area contributed by atoms with E-state index in [1.54, 1.807) is 6.92 Å². The molecule has 0 saturated heterocycles. The lowest BCUT2D eigenvalue weighted by atomic mass is 10.4. The van der Waals surface area contributed by atoms with Gasteiger partial charge < -0.3 is 10.5 Å². The fraction of sp³-hybridized carbons (Fsp3) is 0.571. The highest BCUT2D eigenvalue weighted by Crippen LogP contribution is 1.94. The van der Waals surface area contributed by atoms with Crippen LogP contribution in [0.2, 0.25) is 0 Å². The molecule has 0 aromatic carbocycles. The molecule has 6 heteroatoms. The zero-order valence-corrected chi connectivity index (χ0v) is 7.43. The number of hydrogen-bond donors (Lipinski definition) is 1. The van der Waals surface area contributed by atoms with Crippen molar-refractivity contribution in [2.24, 2.45) is 0 Å². The van der Waals surface area contributed by atoms with E-state index < -0.39 is 0 Å². The summed E-state index contributed by atoms with van der Waals surface area (Å²) in [6, 6.07) is 0. The maximum Gasteiger partial charge on any atom is 0.307 e. The van der Waals surface area contributed by atoms with Crippen LogP contribution in [0.1, 0.15) is 13.3 Å². The van der Waals surface area contributed by atoms with Crippen molar-refractivity contribution in [2.45, 2.75) is 19.9 Å². The Labute approximate surface area is 75.7 Å². The number of ether oxygens (including phenoxy) is 1. The lowest BCUT2D eigenvalue weighted by Gasteiger charge is -2.00. The van der Waals surface area contributed by atoms with Gasteiger partial charge in [0.15, 0.2) is 0 Å². The van der Waals surface area contributed by atoms with Gasteiger partial charge in [0, 0.05) is 0 Å². The SMILES string of the molecule is CCOC(=O)CCn1cnc(N)n1. The second kappa shape index (κ2) is 4.44. The highest BCUT2D eigenvalue weighted by Gasteiger charge is 2.02. The lowest BCUT2D eigenvalue weighted by Crippen LogP contribution is -2.09. The van der Waals surface area contributed by atoms with Gasteiger partial charge in [0.25, 0.3) is 0 Å². The number of esters is 1. The van der Waals surface area contributed by atoms with Gasteiger partial charge in [0.05, 0.1) is 19.6 Å². The second-order valence-corrected chi connectivity index (χ2v) is 2.42. The molecule has 1 aromatic heterocycles. The van der Waals surface area contributed by atoms with Gasteiger partial charge in [-0.25, -0.2) is 4.98 Å². The summed E-state index contributed by atoms with van der Waals surface area (Å²) >= 11 is 0. The van der Waals surface area contributed by atoms with Crippen LogP contribution >= 0.6 is 0 Å². The van der Waals surface area contributed by atoms with E-state index in [2.05, 4.69) is 10.1 Å². The van der Waals surface area contributed by atoms with Gasteiger partial charge in [0.2, 0.25) is 5.95 Å². The molecule has 1 rings (SSSR count). The predicted molar refractivity (Wildman–Crippen MR) is 45.7 cm³/mol. The summed E-state index contributed by atoms with van der Waals surface area (Å²) in [7, 11) is 0. The van der Waals surface area contributed by atoms with Crippen LogP contribution in [0.5, 0.6) is 0 Å². The van der Waals surface area contributed by atoms with E-state index in [0.717, 1.165) is 0 Å². The molecule has 6 nitrogen and oxygen atoms in total. The normalized spacial score (nSPS) is 9.92. The first-order chi connectivity index (χ1) is 6.22. The second-order valence-electron chi connectivity index (χ2n) is 2.42. The lowest BCUT2D eigenvalue weighted by molar-refractivity contribution is -0.143. The highest BCUT2D eigenvalue weighted by molar-refractivity contribution is 5.69. The maximum absolute atomic E-state index is 10.9. The molecular formula is C7H12N4O2. The van der Waals surface area contributed by atoms with Gasteiger partial charge in [-0.3, -0.25) is 9.48 Å². The Morgan fingerprint density at radius 1 is 1.77 bits per heavy atom. The van der Waals surface area contributed by atoms with Gasteiger partial charge in [0.1, 0.15) is 6.33 Å². The zero-order chi connectivity index (χ0) is 9.68. The Bertz CT molecular complexity index is 284. The topological polar surface area (TPSA) is 83.0 Å². The molecular weight excluding hydrogens is 172 g/mol. The van der Waals surface area contributed by atoms with Crippen molar-refractivity contribution in [3.8, 4) is 0 Å². The van der Waals surface area contributed by atoms with E-state index in [4.69, 9.17) is 10.5 Å². The van der Waals surface area contributed by atoms with Crippen LogP contribution in [0.3, 0.4) is 0 Å². The van der Waals surface area contributed by atoms with Crippen LogP contribution in [-0.4, -0.2) is 27.3 Å². The Kier molecular flexibility index (Phi) is 3.24. The highest BCUT2D eigenvalue weighted by atomic mass is 16.5. The van der Waals surface area contributed by atoms with Crippen LogP contribution in [0, 0.1) is 0 Å². The van der Waals surface area contributed by atoms with Crippen molar-refractivity contribution >= 4 is 11.9 Å². The standard InChI is InChI=1S/C7H12N4O2/c1-2-13-6(12)3-4-11-5-9-7(8)10-11/h5H,2-4H2,1H3,(H2,8,10). The molecule has 0 aliphatic carbocycles. The van der Waals surface area contributed by atoms with E-state index >= 15 is 0 Å². The number of rotatable bonds is 4. The fourth-order valence-corrected chi connectivity index (χ4v) is 0.856. The van der Waals surface area contributed by atoms with E-state index in [-0.39, 0.29) is 18.3 Å². The number of carbonyl (C=O) groups is 1. The molecule has 0 radical (unpaired) electrons. The zero-order valence-electron chi connectivity index (χ0n) is 7.43. The average Bonchev–Trinajstić information content (AvgIpc) is 2.49. The Morgan fingerprint density at radius 3 is 3.08 bits per heavy atom. The first-order valence-corrected chi connectivity index (χ1v) is 4.03. The van der Waals surface area contributed by atoms with Gasteiger partial charge in [-0.2, -0.15) is 0 Å². The van der Waals surface area contributed by atoms with Crippen molar-refractivity contribution in [3.05, 3.63) is 6.33 Å². The number of hydrogen-bond acceptors (Lipinski definition) is 5. The van der Waals surface area contributed by atoms with Crippen LogP contribution in [0.25, 0.3) is 0 Å². The van der Waals surface area contributed by atoms with Crippen LogP contribution in [-0.2, 0) is 16.1 Å². The molecule has 1 aromatic rings. The maximum atomic E-state index is 10.9. The minimum absolute atomic E-state index is 0.212. The Balaban J connectivity index is 2.30.